The maximum Gasteiger partial charge on any atom is 0.328 e. The predicted molar refractivity (Wildman–Crippen MR) is 65.7 cm³/mol. The summed E-state index contributed by atoms with van der Waals surface area (Å²) in [7, 11) is 1.27. The molecule has 102 valence electrons. The third-order valence-corrected chi connectivity index (χ3v) is 4.72. The minimum absolute atomic E-state index is 0.154. The molecule has 0 N–H and O–H groups in total. The number of esters is 1. The van der Waals surface area contributed by atoms with E-state index in [9.17, 15) is 14.4 Å². The lowest BCUT2D eigenvalue weighted by Gasteiger charge is -2.38. The number of amides is 2. The Morgan fingerprint density at radius 2 is 1.68 bits per heavy atom. The smallest absolute Gasteiger partial charge is 0.328 e. The molecule has 0 radical (unpaired) electrons. The van der Waals surface area contributed by atoms with Gasteiger partial charge in [-0.1, -0.05) is 12.2 Å². The highest BCUT2D eigenvalue weighted by molar-refractivity contribution is 6.08. The third-order valence-electron chi connectivity index (χ3n) is 4.72. The van der Waals surface area contributed by atoms with Crippen LogP contribution in [0.1, 0.15) is 19.8 Å². The summed E-state index contributed by atoms with van der Waals surface area (Å²) in [6, 6.07) is -0.824. The lowest BCUT2D eigenvalue weighted by Crippen LogP contribution is -2.44. The molecule has 5 atom stereocenters. The second-order valence-corrected chi connectivity index (χ2v) is 5.59. The molecule has 1 saturated heterocycles. The van der Waals surface area contributed by atoms with Crippen LogP contribution in [-0.4, -0.2) is 35.8 Å². The van der Waals surface area contributed by atoms with Crippen LogP contribution in [0.5, 0.6) is 0 Å². The summed E-state index contributed by atoms with van der Waals surface area (Å²) >= 11 is 0. The molecule has 1 heterocycles. The average molecular weight is 263 g/mol. The SMILES string of the molecule is COC(=O)C(C)N1C(=O)C2C3C=CC(CC3)C2C1=O. The van der Waals surface area contributed by atoms with Crippen LogP contribution in [0.2, 0.25) is 0 Å². The molecule has 5 heteroatoms. The molecule has 5 unspecified atom stereocenters. The van der Waals surface area contributed by atoms with Gasteiger partial charge in [-0.15, -0.1) is 0 Å². The van der Waals surface area contributed by atoms with Gasteiger partial charge in [-0.3, -0.25) is 14.5 Å². The first-order chi connectivity index (χ1) is 9.06. The Bertz CT molecular complexity index is 452. The van der Waals surface area contributed by atoms with Crippen molar-refractivity contribution in [3.63, 3.8) is 0 Å². The summed E-state index contributed by atoms with van der Waals surface area (Å²) in [4.78, 5) is 37.6. The van der Waals surface area contributed by atoms with Crippen molar-refractivity contribution in [2.45, 2.75) is 25.8 Å². The molecule has 1 saturated carbocycles. The zero-order chi connectivity index (χ0) is 13.7. The second kappa shape index (κ2) is 4.18. The van der Waals surface area contributed by atoms with E-state index in [4.69, 9.17) is 0 Å². The Labute approximate surface area is 111 Å². The van der Waals surface area contributed by atoms with Crippen molar-refractivity contribution in [2.24, 2.45) is 23.7 Å². The van der Waals surface area contributed by atoms with Gasteiger partial charge in [0.1, 0.15) is 6.04 Å². The molecule has 0 spiro atoms. The van der Waals surface area contributed by atoms with E-state index >= 15 is 0 Å². The van der Waals surface area contributed by atoms with Gasteiger partial charge in [-0.05, 0) is 31.6 Å². The second-order valence-electron chi connectivity index (χ2n) is 5.59. The van der Waals surface area contributed by atoms with Crippen molar-refractivity contribution in [3.8, 4) is 0 Å². The van der Waals surface area contributed by atoms with Gasteiger partial charge in [0, 0.05) is 0 Å². The predicted octanol–water partition coefficient (Wildman–Crippen LogP) is 0.745. The Balaban J connectivity index is 1.93. The largest absolute Gasteiger partial charge is 0.467 e. The molecular formula is C14H17NO4. The number of carbonyl (C=O) groups excluding carboxylic acids is 3. The number of hydrogen-bond acceptors (Lipinski definition) is 4. The van der Waals surface area contributed by atoms with E-state index in [2.05, 4.69) is 16.9 Å². The van der Waals surface area contributed by atoms with Crippen molar-refractivity contribution in [1.29, 1.82) is 0 Å². The number of fused-ring (bicyclic) bond motifs is 1. The molecule has 0 aromatic rings. The summed E-state index contributed by atoms with van der Waals surface area (Å²) < 4.78 is 4.64. The van der Waals surface area contributed by atoms with Crippen LogP contribution in [0.15, 0.2) is 12.2 Å². The van der Waals surface area contributed by atoms with Gasteiger partial charge < -0.3 is 4.74 Å². The van der Waals surface area contributed by atoms with Crippen molar-refractivity contribution < 1.29 is 19.1 Å². The first-order valence-electron chi connectivity index (χ1n) is 6.69. The van der Waals surface area contributed by atoms with Crippen LogP contribution >= 0.6 is 0 Å². The van der Waals surface area contributed by atoms with Gasteiger partial charge in [-0.25, -0.2) is 4.79 Å². The molecular weight excluding hydrogens is 246 g/mol. The quantitative estimate of drug-likeness (QED) is 0.419. The Morgan fingerprint density at radius 3 is 2.05 bits per heavy atom. The average Bonchev–Trinajstić information content (AvgIpc) is 2.73. The minimum Gasteiger partial charge on any atom is -0.467 e. The third kappa shape index (κ3) is 1.57. The molecule has 4 rings (SSSR count). The van der Waals surface area contributed by atoms with Crippen LogP contribution < -0.4 is 0 Å². The lowest BCUT2D eigenvalue weighted by atomic mass is 9.63. The fourth-order valence-corrected chi connectivity index (χ4v) is 3.75. The maximum absolute atomic E-state index is 12.5. The summed E-state index contributed by atoms with van der Waals surface area (Å²) in [5.74, 6) is -1.16. The normalized spacial score (nSPS) is 37.5. The number of likely N-dealkylation sites (tertiary alicyclic amines) is 1. The number of hydrogen-bond donors (Lipinski definition) is 0. The van der Waals surface area contributed by atoms with Crippen LogP contribution in [0, 0.1) is 23.7 Å². The molecule has 0 aromatic carbocycles. The zero-order valence-corrected chi connectivity index (χ0v) is 11.0. The number of methoxy groups -OCH3 is 1. The summed E-state index contributed by atoms with van der Waals surface area (Å²) in [5.41, 5.74) is 0. The topological polar surface area (TPSA) is 63.7 Å². The highest BCUT2D eigenvalue weighted by atomic mass is 16.5. The molecule has 2 amide bonds. The van der Waals surface area contributed by atoms with Crippen LogP contribution in [0.25, 0.3) is 0 Å². The maximum atomic E-state index is 12.5. The highest BCUT2D eigenvalue weighted by Gasteiger charge is 2.58. The lowest BCUT2D eigenvalue weighted by molar-refractivity contribution is -0.156. The first kappa shape index (κ1) is 12.4. The van der Waals surface area contributed by atoms with Gasteiger partial charge in [0.15, 0.2) is 0 Å². The fourth-order valence-electron chi connectivity index (χ4n) is 3.75. The highest BCUT2D eigenvalue weighted by Crippen LogP contribution is 2.49. The Kier molecular flexibility index (Phi) is 2.73. The number of nitrogens with zero attached hydrogens (tertiary/aromatic N) is 1. The number of imide groups is 1. The number of rotatable bonds is 2. The van der Waals surface area contributed by atoms with Crippen molar-refractivity contribution in [3.05, 3.63) is 12.2 Å². The fraction of sp³-hybridized carbons (Fsp3) is 0.643. The molecule has 5 nitrogen and oxygen atoms in total. The number of allylic oxidation sites excluding steroid dienone is 2. The van der Waals surface area contributed by atoms with Gasteiger partial charge >= 0.3 is 5.97 Å². The monoisotopic (exact) mass is 263 g/mol. The minimum atomic E-state index is -0.824. The van der Waals surface area contributed by atoms with E-state index in [1.807, 2.05) is 0 Å². The van der Waals surface area contributed by atoms with E-state index in [1.54, 1.807) is 6.92 Å². The summed E-state index contributed by atoms with van der Waals surface area (Å²) in [6.07, 6.45) is 6.04. The van der Waals surface area contributed by atoms with Gasteiger partial charge in [0.2, 0.25) is 11.8 Å². The number of ether oxygens (including phenoxy) is 1. The van der Waals surface area contributed by atoms with E-state index in [-0.39, 0.29) is 35.5 Å². The van der Waals surface area contributed by atoms with Gasteiger partial charge in [0.25, 0.3) is 0 Å². The molecule has 0 aromatic heterocycles. The summed E-state index contributed by atoms with van der Waals surface area (Å²) in [6.45, 7) is 1.55. The van der Waals surface area contributed by atoms with Crippen molar-refractivity contribution in [2.75, 3.05) is 7.11 Å². The molecule has 2 bridgehead atoms. The molecule has 2 fully saturated rings. The summed E-state index contributed by atoms with van der Waals surface area (Å²) in [5, 5.41) is 0. The van der Waals surface area contributed by atoms with E-state index in [1.165, 1.54) is 7.11 Å². The van der Waals surface area contributed by atoms with Crippen molar-refractivity contribution >= 4 is 17.8 Å². The first-order valence-corrected chi connectivity index (χ1v) is 6.69. The van der Waals surface area contributed by atoms with E-state index in [0.717, 1.165) is 17.7 Å². The molecule has 1 aliphatic heterocycles. The standard InChI is InChI=1S/C14H17NO4/c1-7(14(18)19-2)15-12(16)10-8-3-4-9(6-5-8)11(10)13(15)17/h3-4,7-11H,5-6H2,1-2H3. The van der Waals surface area contributed by atoms with E-state index in [0.29, 0.717) is 0 Å². The Hall–Kier alpha value is -1.65. The zero-order valence-electron chi connectivity index (χ0n) is 11.0. The molecule has 3 aliphatic carbocycles. The Morgan fingerprint density at radius 1 is 1.21 bits per heavy atom. The van der Waals surface area contributed by atoms with Crippen molar-refractivity contribution in [1.82, 2.24) is 4.90 Å². The van der Waals surface area contributed by atoms with Crippen LogP contribution in [-0.2, 0) is 19.1 Å². The molecule has 19 heavy (non-hydrogen) atoms. The van der Waals surface area contributed by atoms with Crippen LogP contribution in [0.3, 0.4) is 0 Å². The van der Waals surface area contributed by atoms with Gasteiger partial charge in [-0.2, -0.15) is 0 Å². The van der Waals surface area contributed by atoms with Gasteiger partial charge in [0.05, 0.1) is 18.9 Å². The molecule has 4 aliphatic rings. The van der Waals surface area contributed by atoms with E-state index < -0.39 is 12.0 Å². The van der Waals surface area contributed by atoms with Crippen LogP contribution in [0.4, 0.5) is 0 Å². The number of carbonyl (C=O) groups is 3.